The van der Waals surface area contributed by atoms with Gasteiger partial charge in [0.1, 0.15) is 5.75 Å². The summed E-state index contributed by atoms with van der Waals surface area (Å²) in [5.41, 5.74) is 1.14. The predicted molar refractivity (Wildman–Crippen MR) is 93.3 cm³/mol. The number of benzene rings is 1. The van der Waals surface area contributed by atoms with Crippen molar-refractivity contribution in [1.82, 2.24) is 5.32 Å². The van der Waals surface area contributed by atoms with Crippen molar-refractivity contribution >= 4 is 17.5 Å². The molecule has 2 N–H and O–H groups in total. The molecule has 1 aliphatic heterocycles. The van der Waals surface area contributed by atoms with Gasteiger partial charge in [-0.1, -0.05) is 32.6 Å². The first-order chi connectivity index (χ1) is 11.7. The molecule has 2 aliphatic rings. The summed E-state index contributed by atoms with van der Waals surface area (Å²) in [6.45, 7) is 2.19. The van der Waals surface area contributed by atoms with E-state index >= 15 is 0 Å². The van der Waals surface area contributed by atoms with E-state index in [1.165, 1.54) is 32.1 Å². The van der Waals surface area contributed by atoms with Crippen LogP contribution in [0.5, 0.6) is 5.75 Å². The fraction of sp³-hybridized carbons (Fsp3) is 0.579. The van der Waals surface area contributed by atoms with Crippen molar-refractivity contribution in [3.05, 3.63) is 23.8 Å². The van der Waals surface area contributed by atoms with Crippen LogP contribution < -0.4 is 15.4 Å². The topological polar surface area (TPSA) is 67.4 Å². The zero-order valence-electron chi connectivity index (χ0n) is 14.3. The average Bonchev–Trinajstić information content (AvgIpc) is 2.61. The summed E-state index contributed by atoms with van der Waals surface area (Å²) in [6, 6.07) is 5.45. The Kier molecular flexibility index (Phi) is 5.38. The molecular weight excluding hydrogens is 304 g/mol. The summed E-state index contributed by atoms with van der Waals surface area (Å²) < 4.78 is 5.34. The van der Waals surface area contributed by atoms with Crippen molar-refractivity contribution in [2.24, 2.45) is 5.92 Å². The van der Waals surface area contributed by atoms with E-state index in [9.17, 15) is 9.59 Å². The summed E-state index contributed by atoms with van der Waals surface area (Å²) in [5, 5.41) is 5.98. The standard InChI is InChI=1S/C19H26N2O3/c1-2-6-15(13-7-4-3-5-8-13)21-19(23)14-9-10-17-16(11-14)20-18(22)12-24-17/h9-11,13,15H,2-8,12H2,1H3,(H,20,22)(H,21,23)/t15-/m1/s1. The monoisotopic (exact) mass is 330 g/mol. The Morgan fingerprint density at radius 2 is 2.12 bits per heavy atom. The maximum absolute atomic E-state index is 12.7. The van der Waals surface area contributed by atoms with Crippen LogP contribution in [0.1, 0.15) is 62.2 Å². The number of nitrogens with one attached hydrogen (secondary N) is 2. The van der Waals surface area contributed by atoms with Gasteiger partial charge in [-0.2, -0.15) is 0 Å². The highest BCUT2D eigenvalue weighted by Gasteiger charge is 2.25. The number of anilines is 1. The molecule has 24 heavy (non-hydrogen) atoms. The summed E-state index contributed by atoms with van der Waals surface area (Å²) in [5.74, 6) is 0.944. The smallest absolute Gasteiger partial charge is 0.262 e. The van der Waals surface area contributed by atoms with Crippen LogP contribution in [0.2, 0.25) is 0 Å². The fourth-order valence-electron chi connectivity index (χ4n) is 3.75. The quantitative estimate of drug-likeness (QED) is 0.868. The Balaban J connectivity index is 1.70. The highest BCUT2D eigenvalue weighted by atomic mass is 16.5. The summed E-state index contributed by atoms with van der Waals surface area (Å²) in [7, 11) is 0. The largest absolute Gasteiger partial charge is 0.482 e. The van der Waals surface area contributed by atoms with Gasteiger partial charge in [0.05, 0.1) is 5.69 Å². The second-order valence-electron chi connectivity index (χ2n) is 6.81. The third-order valence-corrected chi connectivity index (χ3v) is 5.01. The number of ether oxygens (including phenoxy) is 1. The number of hydrogen-bond donors (Lipinski definition) is 2. The van der Waals surface area contributed by atoms with Gasteiger partial charge in [0.2, 0.25) is 0 Å². The van der Waals surface area contributed by atoms with Crippen molar-refractivity contribution in [2.75, 3.05) is 11.9 Å². The molecule has 1 saturated carbocycles. The molecule has 2 amide bonds. The minimum atomic E-state index is -0.189. The molecule has 0 spiro atoms. The van der Waals surface area contributed by atoms with Crippen LogP contribution in [0.4, 0.5) is 5.69 Å². The SMILES string of the molecule is CCC[C@@H](NC(=O)c1ccc2c(c1)NC(=O)CO2)C1CCCCC1. The molecule has 0 unspecified atom stereocenters. The van der Waals surface area contributed by atoms with E-state index in [1.54, 1.807) is 18.2 Å². The van der Waals surface area contributed by atoms with Gasteiger partial charge in [-0.3, -0.25) is 9.59 Å². The van der Waals surface area contributed by atoms with Gasteiger partial charge in [0, 0.05) is 11.6 Å². The van der Waals surface area contributed by atoms with Crippen LogP contribution in [-0.4, -0.2) is 24.5 Å². The molecule has 1 fully saturated rings. The van der Waals surface area contributed by atoms with Gasteiger partial charge in [0.15, 0.2) is 6.61 Å². The van der Waals surface area contributed by atoms with Gasteiger partial charge in [-0.15, -0.1) is 0 Å². The van der Waals surface area contributed by atoms with Crippen LogP contribution in [0.3, 0.4) is 0 Å². The Morgan fingerprint density at radius 1 is 1.33 bits per heavy atom. The van der Waals surface area contributed by atoms with Crippen LogP contribution in [0, 0.1) is 5.92 Å². The van der Waals surface area contributed by atoms with Crippen molar-refractivity contribution in [3.8, 4) is 5.75 Å². The highest BCUT2D eigenvalue weighted by Crippen LogP contribution is 2.30. The van der Waals surface area contributed by atoms with Crippen LogP contribution in [-0.2, 0) is 4.79 Å². The first kappa shape index (κ1) is 16.8. The van der Waals surface area contributed by atoms with E-state index in [2.05, 4.69) is 17.6 Å². The zero-order valence-corrected chi connectivity index (χ0v) is 14.3. The minimum Gasteiger partial charge on any atom is -0.482 e. The zero-order chi connectivity index (χ0) is 16.9. The van der Waals surface area contributed by atoms with Crippen LogP contribution in [0.25, 0.3) is 0 Å². The minimum absolute atomic E-state index is 0.0266. The lowest BCUT2D eigenvalue weighted by molar-refractivity contribution is -0.118. The van der Waals surface area contributed by atoms with Gasteiger partial charge < -0.3 is 15.4 Å². The number of hydrogen-bond acceptors (Lipinski definition) is 3. The number of carbonyl (C=O) groups is 2. The molecule has 0 aromatic heterocycles. The molecule has 1 aliphatic carbocycles. The van der Waals surface area contributed by atoms with E-state index in [0.29, 0.717) is 22.9 Å². The van der Waals surface area contributed by atoms with E-state index in [-0.39, 0.29) is 24.5 Å². The lowest BCUT2D eigenvalue weighted by atomic mass is 9.82. The first-order valence-electron chi connectivity index (χ1n) is 9.05. The van der Waals surface area contributed by atoms with Gasteiger partial charge in [-0.05, 0) is 43.4 Å². The number of carbonyl (C=O) groups excluding carboxylic acids is 2. The summed E-state index contributed by atoms with van der Waals surface area (Å²) in [6.07, 6.45) is 8.34. The second-order valence-corrected chi connectivity index (χ2v) is 6.81. The molecule has 1 heterocycles. The Labute approximate surface area is 143 Å². The van der Waals surface area contributed by atoms with Gasteiger partial charge in [-0.25, -0.2) is 0 Å². The van der Waals surface area contributed by atoms with Crippen molar-refractivity contribution in [1.29, 1.82) is 0 Å². The molecule has 0 radical (unpaired) electrons. The van der Waals surface area contributed by atoms with Crippen molar-refractivity contribution in [3.63, 3.8) is 0 Å². The van der Waals surface area contributed by atoms with Crippen LogP contribution >= 0.6 is 0 Å². The Hall–Kier alpha value is -2.04. The molecule has 0 saturated heterocycles. The summed E-state index contributed by atoms with van der Waals surface area (Å²) in [4.78, 5) is 24.1. The molecule has 5 heteroatoms. The molecule has 1 aromatic rings. The molecule has 130 valence electrons. The third-order valence-electron chi connectivity index (χ3n) is 5.01. The lowest BCUT2D eigenvalue weighted by Crippen LogP contribution is -2.41. The van der Waals surface area contributed by atoms with E-state index in [1.807, 2.05) is 0 Å². The number of fused-ring (bicyclic) bond motifs is 1. The second kappa shape index (κ2) is 7.69. The fourth-order valence-corrected chi connectivity index (χ4v) is 3.75. The van der Waals surface area contributed by atoms with E-state index < -0.39 is 0 Å². The maximum atomic E-state index is 12.7. The molecule has 3 rings (SSSR count). The molecule has 5 nitrogen and oxygen atoms in total. The molecule has 1 atom stereocenters. The summed E-state index contributed by atoms with van der Waals surface area (Å²) >= 11 is 0. The lowest BCUT2D eigenvalue weighted by Gasteiger charge is -2.31. The van der Waals surface area contributed by atoms with E-state index in [0.717, 1.165) is 12.8 Å². The first-order valence-corrected chi connectivity index (χ1v) is 9.05. The normalized spacial score (nSPS) is 19.0. The van der Waals surface area contributed by atoms with Crippen LogP contribution in [0.15, 0.2) is 18.2 Å². The highest BCUT2D eigenvalue weighted by molar-refractivity contribution is 5.99. The Bertz CT molecular complexity index is 609. The number of amides is 2. The van der Waals surface area contributed by atoms with Crippen molar-refractivity contribution in [2.45, 2.75) is 57.9 Å². The van der Waals surface area contributed by atoms with E-state index in [4.69, 9.17) is 4.74 Å². The van der Waals surface area contributed by atoms with Gasteiger partial charge >= 0.3 is 0 Å². The maximum Gasteiger partial charge on any atom is 0.262 e. The molecule has 0 bridgehead atoms. The average molecular weight is 330 g/mol. The van der Waals surface area contributed by atoms with Gasteiger partial charge in [0.25, 0.3) is 11.8 Å². The van der Waals surface area contributed by atoms with Crippen molar-refractivity contribution < 1.29 is 14.3 Å². The molecular formula is C19H26N2O3. The third kappa shape index (κ3) is 3.89. The predicted octanol–water partition coefficient (Wildman–Crippen LogP) is 3.50. The Morgan fingerprint density at radius 3 is 2.88 bits per heavy atom. The number of rotatable bonds is 5. The molecule has 1 aromatic carbocycles.